The minimum Gasteiger partial charge on any atom is -0.381 e. The summed E-state index contributed by atoms with van der Waals surface area (Å²) in [6.07, 6.45) is -2.57. The number of alkyl halides is 3. The molecule has 0 amide bonds. The molecular formula is C14H17F4NO. The molecule has 1 unspecified atom stereocenters. The predicted octanol–water partition coefficient (Wildman–Crippen LogP) is 3.36. The zero-order chi connectivity index (χ0) is 14.6. The van der Waals surface area contributed by atoms with E-state index in [1.54, 1.807) is 0 Å². The van der Waals surface area contributed by atoms with Crippen molar-refractivity contribution < 1.29 is 22.3 Å². The summed E-state index contributed by atoms with van der Waals surface area (Å²) in [7, 11) is 0. The second kappa shape index (κ2) is 6.54. The van der Waals surface area contributed by atoms with Crippen molar-refractivity contribution in [2.24, 2.45) is 5.92 Å². The Morgan fingerprint density at radius 1 is 1.25 bits per heavy atom. The highest BCUT2D eigenvalue weighted by Crippen LogP contribution is 2.30. The van der Waals surface area contributed by atoms with Crippen molar-refractivity contribution >= 4 is 0 Å². The third-order valence-electron chi connectivity index (χ3n) is 3.37. The van der Waals surface area contributed by atoms with Gasteiger partial charge < -0.3 is 10.1 Å². The average Bonchev–Trinajstić information content (AvgIpc) is 2.86. The summed E-state index contributed by atoms with van der Waals surface area (Å²) in [5.74, 6) is -0.346. The largest absolute Gasteiger partial charge is 0.416 e. The number of hydrogen-bond donors (Lipinski definition) is 1. The minimum atomic E-state index is -4.52. The van der Waals surface area contributed by atoms with Gasteiger partial charge in [-0.15, -0.1) is 0 Å². The maximum atomic E-state index is 13.2. The van der Waals surface area contributed by atoms with Gasteiger partial charge >= 0.3 is 6.18 Å². The third-order valence-corrected chi connectivity index (χ3v) is 3.37. The van der Waals surface area contributed by atoms with Crippen molar-refractivity contribution in [3.8, 4) is 0 Å². The predicted molar refractivity (Wildman–Crippen MR) is 66.7 cm³/mol. The van der Waals surface area contributed by atoms with Crippen LogP contribution in [0, 0.1) is 11.7 Å². The maximum Gasteiger partial charge on any atom is 0.416 e. The molecule has 0 aromatic heterocycles. The molecule has 1 saturated heterocycles. The van der Waals surface area contributed by atoms with Crippen LogP contribution in [0.5, 0.6) is 0 Å². The van der Waals surface area contributed by atoms with Crippen LogP contribution in [0.1, 0.15) is 24.0 Å². The van der Waals surface area contributed by atoms with Gasteiger partial charge in [-0.3, -0.25) is 0 Å². The molecule has 0 saturated carbocycles. The first kappa shape index (κ1) is 15.3. The number of hydrogen-bond acceptors (Lipinski definition) is 2. The molecule has 1 atom stereocenters. The molecule has 1 N–H and O–H groups in total. The Morgan fingerprint density at radius 2 is 2.05 bits per heavy atom. The molecule has 1 aliphatic heterocycles. The monoisotopic (exact) mass is 291 g/mol. The van der Waals surface area contributed by atoms with Crippen molar-refractivity contribution in [3.05, 3.63) is 35.1 Å². The lowest BCUT2D eigenvalue weighted by atomic mass is 10.1. The lowest BCUT2D eigenvalue weighted by Crippen LogP contribution is -2.18. The van der Waals surface area contributed by atoms with Crippen LogP contribution in [0.2, 0.25) is 0 Å². The summed E-state index contributed by atoms with van der Waals surface area (Å²) in [6.45, 7) is 2.45. The van der Waals surface area contributed by atoms with Crippen LogP contribution in [0.4, 0.5) is 17.6 Å². The third kappa shape index (κ3) is 4.45. The fourth-order valence-corrected chi connectivity index (χ4v) is 2.27. The summed E-state index contributed by atoms with van der Waals surface area (Å²) in [6, 6.07) is 2.62. The van der Waals surface area contributed by atoms with Gasteiger partial charge in [-0.25, -0.2) is 4.39 Å². The number of halogens is 4. The summed E-state index contributed by atoms with van der Waals surface area (Å²) >= 11 is 0. The zero-order valence-electron chi connectivity index (χ0n) is 11.0. The van der Waals surface area contributed by atoms with Gasteiger partial charge in [0, 0.05) is 19.8 Å². The number of ether oxygens (including phenoxy) is 1. The lowest BCUT2D eigenvalue weighted by molar-refractivity contribution is -0.137. The van der Waals surface area contributed by atoms with Crippen molar-refractivity contribution in [1.82, 2.24) is 5.32 Å². The lowest BCUT2D eigenvalue weighted by Gasteiger charge is -2.11. The molecule has 1 aromatic rings. The first-order valence-corrected chi connectivity index (χ1v) is 6.60. The van der Waals surface area contributed by atoms with E-state index in [2.05, 4.69) is 5.32 Å². The molecule has 6 heteroatoms. The molecular weight excluding hydrogens is 274 g/mol. The van der Waals surface area contributed by atoms with Crippen LogP contribution < -0.4 is 5.32 Å². The van der Waals surface area contributed by atoms with Gasteiger partial charge in [-0.2, -0.15) is 13.2 Å². The van der Waals surface area contributed by atoms with E-state index in [9.17, 15) is 17.6 Å². The first-order valence-electron chi connectivity index (χ1n) is 6.60. The molecule has 1 aromatic carbocycles. The Hall–Kier alpha value is -1.14. The number of benzene rings is 1. The Bertz CT molecular complexity index is 441. The summed E-state index contributed by atoms with van der Waals surface area (Å²) in [4.78, 5) is 0. The van der Waals surface area contributed by atoms with Crippen LogP contribution in [0.25, 0.3) is 0 Å². The highest BCUT2D eigenvalue weighted by Gasteiger charge is 2.31. The molecule has 20 heavy (non-hydrogen) atoms. The van der Waals surface area contributed by atoms with Gasteiger partial charge in [0.15, 0.2) is 0 Å². The van der Waals surface area contributed by atoms with E-state index in [-0.39, 0.29) is 6.54 Å². The second-order valence-corrected chi connectivity index (χ2v) is 5.04. The molecule has 2 rings (SSSR count). The smallest absolute Gasteiger partial charge is 0.381 e. The fraction of sp³-hybridized carbons (Fsp3) is 0.571. The normalized spacial score (nSPS) is 19.5. The second-order valence-electron chi connectivity index (χ2n) is 5.04. The number of rotatable bonds is 5. The topological polar surface area (TPSA) is 21.3 Å². The minimum absolute atomic E-state index is 0.231. The SMILES string of the molecule is Fc1cc(CNCCC2CCOC2)cc(C(F)(F)F)c1. The van der Waals surface area contributed by atoms with Gasteiger partial charge in [0.1, 0.15) is 5.82 Å². The summed E-state index contributed by atoms with van der Waals surface area (Å²) in [5.41, 5.74) is -0.640. The molecule has 0 radical (unpaired) electrons. The van der Waals surface area contributed by atoms with Crippen molar-refractivity contribution in [3.63, 3.8) is 0 Å². The van der Waals surface area contributed by atoms with Crippen molar-refractivity contribution in [1.29, 1.82) is 0 Å². The zero-order valence-corrected chi connectivity index (χ0v) is 11.0. The molecule has 0 bridgehead atoms. The van der Waals surface area contributed by atoms with Gasteiger partial charge in [-0.05, 0) is 49.1 Å². The van der Waals surface area contributed by atoms with Crippen LogP contribution >= 0.6 is 0 Å². The number of nitrogens with one attached hydrogen (secondary N) is 1. The highest BCUT2D eigenvalue weighted by molar-refractivity contribution is 5.26. The van der Waals surface area contributed by atoms with Crippen molar-refractivity contribution in [2.45, 2.75) is 25.6 Å². The van der Waals surface area contributed by atoms with Gasteiger partial charge in [0.2, 0.25) is 0 Å². The molecule has 1 heterocycles. The van der Waals surface area contributed by atoms with Crippen molar-refractivity contribution in [2.75, 3.05) is 19.8 Å². The van der Waals surface area contributed by atoms with Gasteiger partial charge in [-0.1, -0.05) is 0 Å². The summed E-state index contributed by atoms with van der Waals surface area (Å²) in [5, 5.41) is 3.04. The van der Waals surface area contributed by atoms with E-state index >= 15 is 0 Å². The van der Waals surface area contributed by atoms with E-state index in [1.165, 1.54) is 0 Å². The van der Waals surface area contributed by atoms with E-state index < -0.39 is 17.6 Å². The molecule has 0 spiro atoms. The molecule has 1 aliphatic rings. The van der Waals surface area contributed by atoms with E-state index in [0.29, 0.717) is 24.1 Å². The van der Waals surface area contributed by atoms with E-state index in [1.807, 2.05) is 0 Å². The molecule has 2 nitrogen and oxygen atoms in total. The van der Waals surface area contributed by atoms with E-state index in [4.69, 9.17) is 4.74 Å². The Balaban J connectivity index is 1.84. The van der Waals surface area contributed by atoms with Crippen LogP contribution in [0.3, 0.4) is 0 Å². The van der Waals surface area contributed by atoms with Crippen LogP contribution in [0.15, 0.2) is 18.2 Å². The molecule has 1 fully saturated rings. The molecule has 0 aliphatic carbocycles. The Kier molecular flexibility index (Phi) is 4.99. The fourth-order valence-electron chi connectivity index (χ4n) is 2.27. The molecule has 112 valence electrons. The average molecular weight is 291 g/mol. The van der Waals surface area contributed by atoms with Gasteiger partial charge in [0.25, 0.3) is 0 Å². The maximum absolute atomic E-state index is 13.2. The first-order chi connectivity index (χ1) is 9.45. The summed E-state index contributed by atoms with van der Waals surface area (Å²) < 4.78 is 56.0. The van der Waals surface area contributed by atoms with Crippen LogP contribution in [-0.4, -0.2) is 19.8 Å². The Labute approximate surface area is 115 Å². The van der Waals surface area contributed by atoms with Crippen LogP contribution in [-0.2, 0) is 17.5 Å². The standard InChI is InChI=1S/C14H17F4NO/c15-13-6-11(5-12(7-13)14(16,17)18)8-19-3-1-10-2-4-20-9-10/h5-7,10,19H,1-4,8-9H2. The Morgan fingerprint density at radius 3 is 2.70 bits per heavy atom. The highest BCUT2D eigenvalue weighted by atomic mass is 19.4. The quantitative estimate of drug-likeness (QED) is 0.663. The van der Waals surface area contributed by atoms with E-state index in [0.717, 1.165) is 38.2 Å². The van der Waals surface area contributed by atoms with Gasteiger partial charge in [0.05, 0.1) is 5.56 Å².